The molecule has 3 aromatic carbocycles. The summed E-state index contributed by atoms with van der Waals surface area (Å²) in [5.41, 5.74) is 2.70. The molecule has 0 atom stereocenters. The molecule has 0 fully saturated rings. The van der Waals surface area contributed by atoms with E-state index in [1.807, 2.05) is 30.3 Å². The Balaban J connectivity index is 1.66. The molecule has 0 unspecified atom stereocenters. The van der Waals surface area contributed by atoms with Gasteiger partial charge in [0.1, 0.15) is 0 Å². The summed E-state index contributed by atoms with van der Waals surface area (Å²) < 4.78 is 25.2. The van der Waals surface area contributed by atoms with Gasteiger partial charge in [-0.15, -0.1) is 0 Å². The van der Waals surface area contributed by atoms with Crippen molar-refractivity contribution in [3.8, 4) is 0 Å². The van der Waals surface area contributed by atoms with Gasteiger partial charge in [-0.1, -0.05) is 42.5 Å². The van der Waals surface area contributed by atoms with Gasteiger partial charge in [-0.05, 0) is 55.3 Å². The summed E-state index contributed by atoms with van der Waals surface area (Å²) in [4.78, 5) is 25.4. The maximum atomic E-state index is 12.7. The third kappa shape index (κ3) is 6.20. The number of sulfonamides is 1. The zero-order chi connectivity index (χ0) is 23.8. The van der Waals surface area contributed by atoms with Gasteiger partial charge in [0, 0.05) is 19.2 Å². The van der Waals surface area contributed by atoms with Crippen molar-refractivity contribution in [3.05, 3.63) is 95.6 Å². The molecule has 0 spiro atoms. The Labute approximate surface area is 194 Å². The zero-order valence-corrected chi connectivity index (χ0v) is 19.4. The number of carbonyl (C=O) groups is 2. The second-order valence-corrected chi connectivity index (χ2v) is 9.70. The second kappa shape index (κ2) is 10.8. The number of rotatable bonds is 9. The fourth-order valence-electron chi connectivity index (χ4n) is 3.22. The number of anilines is 2. The quantitative estimate of drug-likeness (QED) is 0.504. The van der Waals surface area contributed by atoms with Crippen LogP contribution in [0.3, 0.4) is 0 Å². The van der Waals surface area contributed by atoms with Gasteiger partial charge in [-0.3, -0.25) is 13.9 Å². The molecule has 3 aromatic rings. The van der Waals surface area contributed by atoms with Crippen molar-refractivity contribution in [1.82, 2.24) is 5.32 Å². The Hall–Kier alpha value is -3.65. The summed E-state index contributed by atoms with van der Waals surface area (Å²) in [6.07, 6.45) is 0.704. The summed E-state index contributed by atoms with van der Waals surface area (Å²) in [6, 6.07) is 22.9. The van der Waals surface area contributed by atoms with Crippen molar-refractivity contribution >= 4 is 33.2 Å². The van der Waals surface area contributed by atoms with E-state index in [-0.39, 0.29) is 11.7 Å². The highest BCUT2D eigenvalue weighted by Gasteiger charge is 2.17. The highest BCUT2D eigenvalue weighted by molar-refractivity contribution is 7.92. The second-order valence-electron chi connectivity index (χ2n) is 7.41. The van der Waals surface area contributed by atoms with Gasteiger partial charge in [0.2, 0.25) is 10.0 Å². The molecule has 8 heteroatoms. The van der Waals surface area contributed by atoms with Crippen LogP contribution in [0.15, 0.2) is 78.9 Å². The number of amides is 2. The molecule has 33 heavy (non-hydrogen) atoms. The normalized spacial score (nSPS) is 11.0. The average Bonchev–Trinajstić information content (AvgIpc) is 2.84. The van der Waals surface area contributed by atoms with Crippen molar-refractivity contribution < 1.29 is 18.0 Å². The van der Waals surface area contributed by atoms with Crippen LogP contribution in [-0.2, 0) is 16.4 Å². The minimum Gasteiger partial charge on any atom is -0.352 e. The highest BCUT2D eigenvalue weighted by atomic mass is 32.2. The number of carbonyl (C=O) groups excluding carboxylic acids is 2. The van der Waals surface area contributed by atoms with Crippen LogP contribution >= 0.6 is 0 Å². The highest BCUT2D eigenvalue weighted by Crippen LogP contribution is 2.20. The molecule has 0 aliphatic heterocycles. The molecule has 3 rings (SSSR count). The van der Waals surface area contributed by atoms with Crippen LogP contribution in [0.5, 0.6) is 0 Å². The van der Waals surface area contributed by atoms with Crippen LogP contribution in [0.2, 0.25) is 0 Å². The molecule has 7 nitrogen and oxygen atoms in total. The monoisotopic (exact) mass is 465 g/mol. The summed E-state index contributed by atoms with van der Waals surface area (Å²) in [5.74, 6) is -0.689. The van der Waals surface area contributed by atoms with Gasteiger partial charge in [0.05, 0.1) is 22.7 Å². The van der Waals surface area contributed by atoms with E-state index < -0.39 is 15.9 Å². The molecule has 0 aliphatic carbocycles. The molecule has 0 aliphatic rings. The van der Waals surface area contributed by atoms with Crippen LogP contribution < -0.4 is 14.9 Å². The Morgan fingerprint density at radius 2 is 1.48 bits per heavy atom. The van der Waals surface area contributed by atoms with Gasteiger partial charge in [-0.25, -0.2) is 8.42 Å². The standard InChI is InChI=1S/C25H27N3O4S/c1-3-33(31,32)28(2)21-15-13-20(14-16-21)24(29)27-23-12-8-7-11-22(23)25(30)26-18-17-19-9-5-4-6-10-19/h4-16H,3,17-18H2,1-2H3,(H,26,30)(H,27,29). The third-order valence-electron chi connectivity index (χ3n) is 5.24. The van der Waals surface area contributed by atoms with E-state index in [0.29, 0.717) is 35.5 Å². The average molecular weight is 466 g/mol. The molecule has 0 saturated carbocycles. The van der Waals surface area contributed by atoms with Gasteiger partial charge < -0.3 is 10.6 Å². The molecule has 0 aromatic heterocycles. The lowest BCUT2D eigenvalue weighted by Crippen LogP contribution is -2.28. The summed E-state index contributed by atoms with van der Waals surface area (Å²) in [5, 5.41) is 5.66. The number of hydrogen-bond acceptors (Lipinski definition) is 4. The SMILES string of the molecule is CCS(=O)(=O)N(C)c1ccc(C(=O)Nc2ccccc2C(=O)NCCc2ccccc2)cc1. The smallest absolute Gasteiger partial charge is 0.255 e. The maximum Gasteiger partial charge on any atom is 0.255 e. The molecular formula is C25H27N3O4S. The summed E-state index contributed by atoms with van der Waals surface area (Å²) in [7, 11) is -1.91. The van der Waals surface area contributed by atoms with E-state index in [4.69, 9.17) is 0 Å². The molecular weight excluding hydrogens is 438 g/mol. The molecule has 172 valence electrons. The van der Waals surface area contributed by atoms with Crippen LogP contribution in [-0.4, -0.2) is 39.6 Å². The molecule has 0 heterocycles. The minimum atomic E-state index is -3.39. The van der Waals surface area contributed by atoms with Gasteiger partial charge in [0.25, 0.3) is 11.8 Å². The Bertz CT molecular complexity index is 1210. The van der Waals surface area contributed by atoms with E-state index in [9.17, 15) is 18.0 Å². The number of nitrogens with zero attached hydrogens (tertiary/aromatic N) is 1. The first-order valence-electron chi connectivity index (χ1n) is 10.6. The molecule has 2 amide bonds. The number of para-hydroxylation sites is 1. The van der Waals surface area contributed by atoms with Crippen LogP contribution in [0.25, 0.3) is 0 Å². The van der Waals surface area contributed by atoms with Gasteiger partial charge in [0.15, 0.2) is 0 Å². The largest absolute Gasteiger partial charge is 0.352 e. The van der Waals surface area contributed by atoms with Gasteiger partial charge in [-0.2, -0.15) is 0 Å². The number of benzene rings is 3. The minimum absolute atomic E-state index is 0.0179. The fourth-order valence-corrected chi connectivity index (χ4v) is 4.05. The van der Waals surface area contributed by atoms with Crippen LogP contribution in [0.1, 0.15) is 33.2 Å². The first-order valence-corrected chi connectivity index (χ1v) is 12.2. The predicted octanol–water partition coefficient (Wildman–Crippen LogP) is 3.70. The lowest BCUT2D eigenvalue weighted by molar-refractivity contribution is 0.0955. The van der Waals surface area contributed by atoms with E-state index >= 15 is 0 Å². The van der Waals surface area contributed by atoms with Crippen molar-refractivity contribution in [2.45, 2.75) is 13.3 Å². The van der Waals surface area contributed by atoms with Crippen molar-refractivity contribution in [2.24, 2.45) is 0 Å². The first kappa shape index (κ1) is 24.0. The van der Waals surface area contributed by atoms with Crippen molar-refractivity contribution in [2.75, 3.05) is 29.0 Å². The summed E-state index contributed by atoms with van der Waals surface area (Å²) in [6.45, 7) is 2.05. The Kier molecular flexibility index (Phi) is 7.84. The van der Waals surface area contributed by atoms with Crippen LogP contribution in [0.4, 0.5) is 11.4 Å². The van der Waals surface area contributed by atoms with E-state index in [2.05, 4.69) is 10.6 Å². The van der Waals surface area contributed by atoms with Crippen molar-refractivity contribution in [1.29, 1.82) is 0 Å². The fraction of sp³-hybridized carbons (Fsp3) is 0.200. The topological polar surface area (TPSA) is 95.6 Å². The zero-order valence-electron chi connectivity index (χ0n) is 18.6. The van der Waals surface area contributed by atoms with Gasteiger partial charge >= 0.3 is 0 Å². The van der Waals surface area contributed by atoms with Crippen LogP contribution in [0, 0.1) is 0 Å². The number of nitrogens with one attached hydrogen (secondary N) is 2. The molecule has 0 saturated heterocycles. The van der Waals surface area contributed by atoms with Crippen molar-refractivity contribution in [3.63, 3.8) is 0 Å². The lowest BCUT2D eigenvalue weighted by Gasteiger charge is -2.18. The lowest BCUT2D eigenvalue weighted by atomic mass is 10.1. The molecule has 0 radical (unpaired) electrons. The Morgan fingerprint density at radius 1 is 0.848 bits per heavy atom. The van der Waals surface area contributed by atoms with E-state index in [1.54, 1.807) is 55.5 Å². The Morgan fingerprint density at radius 3 is 2.15 bits per heavy atom. The van der Waals surface area contributed by atoms with E-state index in [0.717, 1.165) is 5.56 Å². The molecule has 0 bridgehead atoms. The first-order chi connectivity index (χ1) is 15.8. The van der Waals surface area contributed by atoms with E-state index in [1.165, 1.54) is 11.4 Å². The third-order valence-corrected chi connectivity index (χ3v) is 7.01. The predicted molar refractivity (Wildman–Crippen MR) is 131 cm³/mol. The maximum absolute atomic E-state index is 12.7. The summed E-state index contributed by atoms with van der Waals surface area (Å²) >= 11 is 0. The number of hydrogen-bond donors (Lipinski definition) is 2. The molecule has 2 N–H and O–H groups in total.